The van der Waals surface area contributed by atoms with Crippen LogP contribution in [0.3, 0.4) is 0 Å². The standard InChI is InChI=1S/C13H25N5/c1-16-9-11-18(12-10-16)8-5-14-4-3-13-15-6-7-17(13)2/h6-7,14H,3-5,8-12H2,1-2H3. The fraction of sp³-hybridized carbons (Fsp3) is 0.769. The van der Waals surface area contributed by atoms with Gasteiger partial charge in [-0.25, -0.2) is 4.98 Å². The maximum Gasteiger partial charge on any atom is 0.109 e. The van der Waals surface area contributed by atoms with Crippen molar-refractivity contribution in [1.29, 1.82) is 0 Å². The molecule has 2 heterocycles. The Labute approximate surface area is 110 Å². The van der Waals surface area contributed by atoms with Crippen molar-refractivity contribution in [3.63, 3.8) is 0 Å². The van der Waals surface area contributed by atoms with Crippen molar-refractivity contribution in [1.82, 2.24) is 24.7 Å². The van der Waals surface area contributed by atoms with Crippen LogP contribution in [-0.4, -0.2) is 72.2 Å². The van der Waals surface area contributed by atoms with Gasteiger partial charge in [0.2, 0.25) is 0 Å². The molecular weight excluding hydrogens is 226 g/mol. The van der Waals surface area contributed by atoms with Crippen molar-refractivity contribution in [2.75, 3.05) is 52.9 Å². The van der Waals surface area contributed by atoms with Gasteiger partial charge in [-0.1, -0.05) is 0 Å². The van der Waals surface area contributed by atoms with Crippen LogP contribution in [0.1, 0.15) is 5.82 Å². The van der Waals surface area contributed by atoms with Crippen LogP contribution in [0.15, 0.2) is 12.4 Å². The number of hydrogen-bond acceptors (Lipinski definition) is 4. The molecule has 18 heavy (non-hydrogen) atoms. The van der Waals surface area contributed by atoms with Crippen LogP contribution in [0, 0.1) is 0 Å². The Morgan fingerprint density at radius 1 is 1.17 bits per heavy atom. The molecule has 0 amide bonds. The van der Waals surface area contributed by atoms with Crippen LogP contribution in [0.25, 0.3) is 0 Å². The highest BCUT2D eigenvalue weighted by Gasteiger charge is 2.12. The van der Waals surface area contributed by atoms with Crippen molar-refractivity contribution >= 4 is 0 Å². The molecule has 1 aliphatic heterocycles. The number of nitrogens with one attached hydrogen (secondary N) is 1. The zero-order valence-electron chi connectivity index (χ0n) is 11.6. The second kappa shape index (κ2) is 6.87. The van der Waals surface area contributed by atoms with Crippen LogP contribution in [0.4, 0.5) is 0 Å². The van der Waals surface area contributed by atoms with Crippen molar-refractivity contribution < 1.29 is 0 Å². The Balaban J connectivity index is 1.53. The lowest BCUT2D eigenvalue weighted by atomic mass is 10.3. The molecule has 1 aromatic rings. The quantitative estimate of drug-likeness (QED) is 0.711. The molecule has 0 bridgehead atoms. The van der Waals surface area contributed by atoms with Gasteiger partial charge in [-0.15, -0.1) is 0 Å². The van der Waals surface area contributed by atoms with Crippen molar-refractivity contribution in [2.24, 2.45) is 7.05 Å². The SMILES string of the molecule is CN1CCN(CCNCCc2nccn2C)CC1. The Hall–Kier alpha value is -0.910. The van der Waals surface area contributed by atoms with Gasteiger partial charge in [-0.05, 0) is 7.05 Å². The number of hydrogen-bond donors (Lipinski definition) is 1. The maximum atomic E-state index is 4.32. The summed E-state index contributed by atoms with van der Waals surface area (Å²) in [4.78, 5) is 9.25. The molecule has 5 heteroatoms. The Morgan fingerprint density at radius 3 is 2.61 bits per heavy atom. The van der Waals surface area contributed by atoms with Gasteiger partial charge < -0.3 is 14.8 Å². The largest absolute Gasteiger partial charge is 0.338 e. The maximum absolute atomic E-state index is 4.32. The molecule has 0 unspecified atom stereocenters. The number of likely N-dealkylation sites (N-methyl/N-ethyl adjacent to an activating group) is 1. The first-order valence-corrected chi connectivity index (χ1v) is 6.83. The van der Waals surface area contributed by atoms with Crippen molar-refractivity contribution in [3.8, 4) is 0 Å². The fourth-order valence-electron chi connectivity index (χ4n) is 2.27. The first-order valence-electron chi connectivity index (χ1n) is 6.83. The first-order chi connectivity index (χ1) is 8.75. The lowest BCUT2D eigenvalue weighted by molar-refractivity contribution is 0.155. The fourth-order valence-corrected chi connectivity index (χ4v) is 2.27. The highest BCUT2D eigenvalue weighted by molar-refractivity contribution is 4.91. The van der Waals surface area contributed by atoms with Crippen LogP contribution in [0.2, 0.25) is 0 Å². The van der Waals surface area contributed by atoms with E-state index in [9.17, 15) is 0 Å². The van der Waals surface area contributed by atoms with Gasteiger partial charge in [-0.3, -0.25) is 4.90 Å². The molecule has 1 N–H and O–H groups in total. The molecule has 0 radical (unpaired) electrons. The van der Waals surface area contributed by atoms with Crippen molar-refractivity contribution in [2.45, 2.75) is 6.42 Å². The summed E-state index contributed by atoms with van der Waals surface area (Å²) in [5.74, 6) is 1.15. The second-order valence-electron chi connectivity index (χ2n) is 5.10. The first kappa shape index (κ1) is 13.5. The topological polar surface area (TPSA) is 36.3 Å². The van der Waals surface area contributed by atoms with Gasteiger partial charge in [0.15, 0.2) is 0 Å². The predicted octanol–water partition coefficient (Wildman–Crippen LogP) is -0.200. The van der Waals surface area contributed by atoms with Gasteiger partial charge in [0.25, 0.3) is 0 Å². The molecule has 1 aliphatic rings. The lowest BCUT2D eigenvalue weighted by Crippen LogP contribution is -2.46. The average molecular weight is 251 g/mol. The minimum Gasteiger partial charge on any atom is -0.338 e. The molecule has 102 valence electrons. The molecule has 0 saturated carbocycles. The molecule has 0 atom stereocenters. The summed E-state index contributed by atoms with van der Waals surface area (Å²) in [7, 11) is 4.25. The van der Waals surface area contributed by atoms with E-state index >= 15 is 0 Å². The molecule has 1 fully saturated rings. The third-order valence-electron chi connectivity index (χ3n) is 3.65. The average Bonchev–Trinajstić information content (AvgIpc) is 2.77. The van der Waals surface area contributed by atoms with E-state index in [1.54, 1.807) is 0 Å². The lowest BCUT2D eigenvalue weighted by Gasteiger charge is -2.32. The number of nitrogens with zero attached hydrogens (tertiary/aromatic N) is 4. The molecular formula is C13H25N5. The van der Waals surface area contributed by atoms with Crippen molar-refractivity contribution in [3.05, 3.63) is 18.2 Å². The van der Waals surface area contributed by atoms with Gasteiger partial charge in [0.05, 0.1) is 0 Å². The summed E-state index contributed by atoms with van der Waals surface area (Å²) in [6, 6.07) is 0. The Kier molecular flexibility index (Phi) is 5.16. The molecule has 1 saturated heterocycles. The van der Waals surface area contributed by atoms with E-state index in [2.05, 4.69) is 31.7 Å². The normalized spacial score (nSPS) is 18.3. The number of rotatable bonds is 6. The Morgan fingerprint density at radius 2 is 1.94 bits per heavy atom. The van der Waals surface area contributed by atoms with E-state index in [1.807, 2.05) is 19.4 Å². The molecule has 0 aromatic carbocycles. The number of aryl methyl sites for hydroxylation is 1. The highest BCUT2D eigenvalue weighted by Crippen LogP contribution is 1.97. The van der Waals surface area contributed by atoms with E-state index in [1.165, 1.54) is 26.2 Å². The van der Waals surface area contributed by atoms with Crippen LogP contribution in [-0.2, 0) is 13.5 Å². The van der Waals surface area contributed by atoms with E-state index in [0.29, 0.717) is 0 Å². The monoisotopic (exact) mass is 251 g/mol. The summed E-state index contributed by atoms with van der Waals surface area (Å²) in [5.41, 5.74) is 0. The third-order valence-corrected chi connectivity index (χ3v) is 3.65. The smallest absolute Gasteiger partial charge is 0.109 e. The number of aromatic nitrogens is 2. The van der Waals surface area contributed by atoms with Gasteiger partial charge in [-0.2, -0.15) is 0 Å². The number of piperazine rings is 1. The number of imidazole rings is 1. The van der Waals surface area contributed by atoms with E-state index in [0.717, 1.165) is 31.9 Å². The summed E-state index contributed by atoms with van der Waals surface area (Å²) >= 11 is 0. The third kappa shape index (κ3) is 4.08. The van der Waals surface area contributed by atoms with Gasteiger partial charge in [0, 0.05) is 71.7 Å². The molecule has 0 aliphatic carbocycles. The molecule has 5 nitrogen and oxygen atoms in total. The Bertz CT molecular complexity index is 341. The minimum atomic E-state index is 1.01. The van der Waals surface area contributed by atoms with Crippen LogP contribution in [0.5, 0.6) is 0 Å². The van der Waals surface area contributed by atoms with Gasteiger partial charge >= 0.3 is 0 Å². The highest BCUT2D eigenvalue weighted by atomic mass is 15.2. The zero-order chi connectivity index (χ0) is 12.8. The second-order valence-corrected chi connectivity index (χ2v) is 5.10. The minimum absolute atomic E-state index is 1.01. The summed E-state index contributed by atoms with van der Waals surface area (Å²) in [5, 5.41) is 3.50. The zero-order valence-corrected chi connectivity index (χ0v) is 11.6. The van der Waals surface area contributed by atoms with Crippen LogP contribution >= 0.6 is 0 Å². The van der Waals surface area contributed by atoms with E-state index < -0.39 is 0 Å². The van der Waals surface area contributed by atoms with E-state index in [4.69, 9.17) is 0 Å². The molecule has 2 rings (SSSR count). The van der Waals surface area contributed by atoms with Crippen LogP contribution < -0.4 is 5.32 Å². The molecule has 0 spiro atoms. The predicted molar refractivity (Wildman–Crippen MR) is 73.7 cm³/mol. The van der Waals surface area contributed by atoms with Gasteiger partial charge in [0.1, 0.15) is 5.82 Å². The summed E-state index contributed by atoms with van der Waals surface area (Å²) in [6.07, 6.45) is 4.87. The summed E-state index contributed by atoms with van der Waals surface area (Å²) < 4.78 is 2.09. The summed E-state index contributed by atoms with van der Waals surface area (Å²) in [6.45, 7) is 8.07. The molecule has 1 aromatic heterocycles. The van der Waals surface area contributed by atoms with E-state index in [-0.39, 0.29) is 0 Å².